The summed E-state index contributed by atoms with van der Waals surface area (Å²) in [6.07, 6.45) is 1.59. The van der Waals surface area contributed by atoms with Gasteiger partial charge in [-0.1, -0.05) is 0 Å². The molecule has 1 fully saturated rings. The van der Waals surface area contributed by atoms with Crippen molar-refractivity contribution in [2.75, 3.05) is 20.1 Å². The number of nitrogens with two attached hydrogens (primary N) is 1. The van der Waals surface area contributed by atoms with Crippen LogP contribution >= 0.6 is 0 Å². The summed E-state index contributed by atoms with van der Waals surface area (Å²) < 4.78 is 0. The molecule has 1 aliphatic rings. The van der Waals surface area contributed by atoms with Crippen molar-refractivity contribution in [1.29, 1.82) is 0 Å². The Bertz CT molecular complexity index is 170. The number of hydrogen-bond donors (Lipinski definition) is 1. The third-order valence-electron chi connectivity index (χ3n) is 2.21. The van der Waals surface area contributed by atoms with Crippen molar-refractivity contribution < 1.29 is 4.79 Å². The molecule has 0 bridgehead atoms. The molecule has 0 spiro atoms. The fourth-order valence-corrected chi connectivity index (χ4v) is 1.31. The van der Waals surface area contributed by atoms with Crippen molar-refractivity contribution in [2.24, 2.45) is 5.73 Å². The molecule has 2 N–H and O–H groups in total. The van der Waals surface area contributed by atoms with Crippen LogP contribution in [0.25, 0.3) is 0 Å². The molecule has 1 unspecified atom stereocenters. The molecule has 70 valence electrons. The number of rotatable bonds is 3. The van der Waals surface area contributed by atoms with E-state index in [0.717, 1.165) is 19.5 Å². The maximum atomic E-state index is 11.1. The van der Waals surface area contributed by atoms with Crippen LogP contribution in [0.2, 0.25) is 0 Å². The van der Waals surface area contributed by atoms with Gasteiger partial charge >= 0.3 is 0 Å². The summed E-state index contributed by atoms with van der Waals surface area (Å²) >= 11 is 0. The van der Waals surface area contributed by atoms with E-state index in [1.165, 1.54) is 0 Å². The molecule has 4 heteroatoms. The first-order chi connectivity index (χ1) is 5.61. The summed E-state index contributed by atoms with van der Waals surface area (Å²) in [5, 5.41) is 3.74. The lowest BCUT2D eigenvalue weighted by Gasteiger charge is -2.24. The normalized spacial score (nSPS) is 21.9. The van der Waals surface area contributed by atoms with E-state index in [1.807, 2.05) is 19.0 Å². The molecule has 0 aromatic rings. The van der Waals surface area contributed by atoms with E-state index in [4.69, 9.17) is 5.73 Å². The first-order valence-electron chi connectivity index (χ1n) is 4.38. The standard InChI is InChI=1S/C8H17N3O/c1-7(9)3-5-11-6-4-8(12)10(11)2/h7H,3-6,9H2,1-2H3. The highest BCUT2D eigenvalue weighted by molar-refractivity contribution is 5.77. The van der Waals surface area contributed by atoms with Gasteiger partial charge in [-0.2, -0.15) is 0 Å². The van der Waals surface area contributed by atoms with Crippen molar-refractivity contribution in [3.63, 3.8) is 0 Å². The van der Waals surface area contributed by atoms with Crippen LogP contribution in [-0.4, -0.2) is 42.1 Å². The van der Waals surface area contributed by atoms with E-state index in [9.17, 15) is 4.79 Å². The van der Waals surface area contributed by atoms with Crippen molar-refractivity contribution in [2.45, 2.75) is 25.8 Å². The van der Waals surface area contributed by atoms with Gasteiger partial charge in [-0.15, -0.1) is 0 Å². The quantitative estimate of drug-likeness (QED) is 0.640. The lowest BCUT2D eigenvalue weighted by atomic mass is 10.2. The van der Waals surface area contributed by atoms with Gasteiger partial charge in [0.15, 0.2) is 0 Å². The van der Waals surface area contributed by atoms with Crippen molar-refractivity contribution >= 4 is 5.91 Å². The zero-order chi connectivity index (χ0) is 9.14. The number of amides is 1. The highest BCUT2D eigenvalue weighted by Gasteiger charge is 2.24. The molecule has 1 rings (SSSR count). The molecular formula is C8H17N3O. The Kier molecular flexibility index (Phi) is 3.05. The monoisotopic (exact) mass is 171 g/mol. The third kappa shape index (κ3) is 2.19. The smallest absolute Gasteiger partial charge is 0.237 e. The Morgan fingerprint density at radius 1 is 1.67 bits per heavy atom. The van der Waals surface area contributed by atoms with E-state index in [0.29, 0.717) is 6.42 Å². The molecule has 0 aromatic heterocycles. The minimum atomic E-state index is 0.208. The Hall–Kier alpha value is -0.610. The second kappa shape index (κ2) is 3.87. The van der Waals surface area contributed by atoms with E-state index in [1.54, 1.807) is 5.01 Å². The fraction of sp³-hybridized carbons (Fsp3) is 0.875. The molecule has 1 amide bonds. The number of carbonyl (C=O) groups excluding carboxylic acids is 1. The van der Waals surface area contributed by atoms with Gasteiger partial charge in [0.2, 0.25) is 5.91 Å². The Morgan fingerprint density at radius 2 is 2.33 bits per heavy atom. The van der Waals surface area contributed by atoms with E-state index < -0.39 is 0 Å². The molecule has 1 aliphatic heterocycles. The molecule has 0 aromatic carbocycles. The van der Waals surface area contributed by atoms with Crippen LogP contribution in [0.4, 0.5) is 0 Å². The van der Waals surface area contributed by atoms with Crippen molar-refractivity contribution in [3.05, 3.63) is 0 Å². The predicted molar refractivity (Wildman–Crippen MR) is 47.2 cm³/mol. The molecule has 4 nitrogen and oxygen atoms in total. The van der Waals surface area contributed by atoms with Crippen LogP contribution < -0.4 is 5.73 Å². The van der Waals surface area contributed by atoms with Crippen molar-refractivity contribution in [1.82, 2.24) is 10.0 Å². The molecule has 12 heavy (non-hydrogen) atoms. The number of nitrogens with zero attached hydrogens (tertiary/aromatic N) is 2. The van der Waals surface area contributed by atoms with Crippen LogP contribution in [0.15, 0.2) is 0 Å². The molecule has 1 saturated heterocycles. The average molecular weight is 171 g/mol. The Balaban J connectivity index is 2.29. The zero-order valence-corrected chi connectivity index (χ0v) is 7.79. The van der Waals surface area contributed by atoms with Crippen molar-refractivity contribution in [3.8, 4) is 0 Å². The van der Waals surface area contributed by atoms with Crippen LogP contribution in [0.3, 0.4) is 0 Å². The first-order valence-corrected chi connectivity index (χ1v) is 4.38. The van der Waals surface area contributed by atoms with Gasteiger partial charge in [0, 0.05) is 32.6 Å². The molecule has 1 heterocycles. The summed E-state index contributed by atoms with van der Waals surface area (Å²) in [5.41, 5.74) is 5.62. The van der Waals surface area contributed by atoms with Crippen LogP contribution in [-0.2, 0) is 4.79 Å². The zero-order valence-electron chi connectivity index (χ0n) is 7.79. The summed E-state index contributed by atoms with van der Waals surface area (Å²) in [4.78, 5) is 11.1. The topological polar surface area (TPSA) is 49.6 Å². The van der Waals surface area contributed by atoms with Gasteiger partial charge in [-0.3, -0.25) is 9.80 Å². The van der Waals surface area contributed by atoms with E-state index >= 15 is 0 Å². The van der Waals surface area contributed by atoms with Gasteiger partial charge in [0.25, 0.3) is 0 Å². The third-order valence-corrected chi connectivity index (χ3v) is 2.21. The number of hydrazine groups is 1. The Labute approximate surface area is 73.3 Å². The molecule has 0 aliphatic carbocycles. The number of hydrogen-bond acceptors (Lipinski definition) is 3. The molecule has 0 radical (unpaired) electrons. The first kappa shape index (κ1) is 9.48. The highest BCUT2D eigenvalue weighted by Crippen LogP contribution is 2.09. The van der Waals surface area contributed by atoms with Gasteiger partial charge in [0.1, 0.15) is 0 Å². The lowest BCUT2D eigenvalue weighted by Crippen LogP contribution is -2.37. The second-order valence-electron chi connectivity index (χ2n) is 3.39. The SMILES string of the molecule is CC(N)CCN1CCC(=O)N1C. The van der Waals surface area contributed by atoms with E-state index in [2.05, 4.69) is 0 Å². The Morgan fingerprint density at radius 3 is 2.75 bits per heavy atom. The van der Waals surface area contributed by atoms with Crippen LogP contribution in [0.5, 0.6) is 0 Å². The second-order valence-corrected chi connectivity index (χ2v) is 3.39. The molecule has 1 atom stereocenters. The highest BCUT2D eigenvalue weighted by atomic mass is 16.2. The summed E-state index contributed by atoms with van der Waals surface area (Å²) in [6.45, 7) is 3.72. The maximum Gasteiger partial charge on any atom is 0.237 e. The summed E-state index contributed by atoms with van der Waals surface area (Å²) in [5.74, 6) is 0.208. The van der Waals surface area contributed by atoms with Gasteiger partial charge in [-0.25, -0.2) is 5.01 Å². The molecular weight excluding hydrogens is 154 g/mol. The van der Waals surface area contributed by atoms with Crippen LogP contribution in [0.1, 0.15) is 19.8 Å². The minimum absolute atomic E-state index is 0.208. The summed E-state index contributed by atoms with van der Waals surface area (Å²) in [6, 6.07) is 0.217. The van der Waals surface area contributed by atoms with E-state index in [-0.39, 0.29) is 11.9 Å². The van der Waals surface area contributed by atoms with Crippen LogP contribution in [0, 0.1) is 0 Å². The largest absolute Gasteiger partial charge is 0.328 e. The fourth-order valence-electron chi connectivity index (χ4n) is 1.31. The van der Waals surface area contributed by atoms with Gasteiger partial charge in [-0.05, 0) is 13.3 Å². The minimum Gasteiger partial charge on any atom is -0.328 e. The lowest BCUT2D eigenvalue weighted by molar-refractivity contribution is -0.135. The average Bonchev–Trinajstić information content (AvgIpc) is 2.30. The van der Waals surface area contributed by atoms with Gasteiger partial charge in [0.05, 0.1) is 0 Å². The van der Waals surface area contributed by atoms with Gasteiger partial charge < -0.3 is 5.73 Å². The molecule has 0 saturated carbocycles. The summed E-state index contributed by atoms with van der Waals surface area (Å²) in [7, 11) is 1.82. The maximum absolute atomic E-state index is 11.1. The predicted octanol–water partition coefficient (Wildman–Crippen LogP) is -0.197. The number of carbonyl (C=O) groups is 1.